The van der Waals surface area contributed by atoms with Gasteiger partial charge in [0, 0.05) is 46.7 Å². The van der Waals surface area contributed by atoms with E-state index in [1.54, 1.807) is 12.3 Å². The maximum Gasteiger partial charge on any atom is 0.431 e. The standard InChI is InChI=1S/C26H26F3N7/c27-26(28,29)20-10-16-15(4-9-32-22(16)35-20)23-33-18-12-31-11-17(14-2-1-3-14)21(18)24(36-23)34-19-5-8-30-13-25(19)6-7-25/h4,9-12,14,19,30H,1-3,5-8,13H2,(H,32,35)(H,33,34,36). The minimum absolute atomic E-state index is 0.162. The molecule has 0 bridgehead atoms. The summed E-state index contributed by atoms with van der Waals surface area (Å²) in [5.74, 6) is 1.57. The van der Waals surface area contributed by atoms with Gasteiger partial charge in [-0.25, -0.2) is 15.0 Å². The van der Waals surface area contributed by atoms with Crippen molar-refractivity contribution in [2.24, 2.45) is 5.41 Å². The minimum atomic E-state index is -4.50. The zero-order chi connectivity index (χ0) is 24.5. The first kappa shape index (κ1) is 22.0. The number of aromatic amines is 1. The van der Waals surface area contributed by atoms with E-state index in [9.17, 15) is 13.2 Å². The number of aromatic nitrogens is 5. The Kier molecular flexibility index (Phi) is 4.80. The average molecular weight is 494 g/mol. The molecule has 1 spiro atoms. The fourth-order valence-corrected chi connectivity index (χ4v) is 5.83. The summed E-state index contributed by atoms with van der Waals surface area (Å²) in [6.45, 7) is 1.94. The van der Waals surface area contributed by atoms with E-state index in [2.05, 4.69) is 25.6 Å². The SMILES string of the molecule is FC(F)(F)c1cc2c(-c3nc(NC4CCNCC45CC5)c4c(C5CCC5)cncc4n3)ccnc2[nH]1. The maximum atomic E-state index is 13.4. The summed E-state index contributed by atoms with van der Waals surface area (Å²) in [6, 6.07) is 3.05. The molecule has 3 fully saturated rings. The van der Waals surface area contributed by atoms with Crippen LogP contribution < -0.4 is 10.6 Å². The van der Waals surface area contributed by atoms with E-state index in [1.807, 2.05) is 6.20 Å². The Morgan fingerprint density at radius 2 is 1.94 bits per heavy atom. The Morgan fingerprint density at radius 3 is 2.69 bits per heavy atom. The largest absolute Gasteiger partial charge is 0.431 e. The summed E-state index contributed by atoms with van der Waals surface area (Å²) >= 11 is 0. The minimum Gasteiger partial charge on any atom is -0.366 e. The third-order valence-electron chi connectivity index (χ3n) is 8.29. The van der Waals surface area contributed by atoms with Crippen LogP contribution in [0, 0.1) is 5.41 Å². The zero-order valence-corrected chi connectivity index (χ0v) is 19.6. The quantitative estimate of drug-likeness (QED) is 0.352. The Bertz CT molecular complexity index is 1470. The first-order chi connectivity index (χ1) is 17.4. The maximum absolute atomic E-state index is 13.4. The molecule has 3 aliphatic rings. The van der Waals surface area contributed by atoms with E-state index < -0.39 is 11.9 Å². The molecule has 7 rings (SSSR count). The molecule has 4 aromatic heterocycles. The summed E-state index contributed by atoms with van der Waals surface area (Å²) in [5, 5.41) is 8.65. The van der Waals surface area contributed by atoms with Crippen molar-refractivity contribution < 1.29 is 13.2 Å². The van der Waals surface area contributed by atoms with Gasteiger partial charge in [0.25, 0.3) is 0 Å². The Morgan fingerprint density at radius 1 is 1.08 bits per heavy atom. The molecule has 0 aromatic carbocycles. The van der Waals surface area contributed by atoms with Gasteiger partial charge in [-0.15, -0.1) is 0 Å². The van der Waals surface area contributed by atoms with Gasteiger partial charge in [-0.1, -0.05) is 6.42 Å². The number of alkyl halides is 3. The van der Waals surface area contributed by atoms with Crippen LogP contribution in [0.1, 0.15) is 55.7 Å². The van der Waals surface area contributed by atoms with Crippen LogP contribution in [0.25, 0.3) is 33.3 Å². The number of nitrogens with zero attached hydrogens (tertiary/aromatic N) is 4. The number of H-pyrrole nitrogens is 1. The fraction of sp³-hybridized carbons (Fsp3) is 0.462. The number of anilines is 1. The number of pyridine rings is 2. The van der Waals surface area contributed by atoms with Gasteiger partial charge in [0.05, 0.1) is 11.7 Å². The van der Waals surface area contributed by atoms with E-state index in [4.69, 9.17) is 9.97 Å². The molecular formula is C26H26F3N7. The summed E-state index contributed by atoms with van der Waals surface area (Å²) in [4.78, 5) is 20.8. The van der Waals surface area contributed by atoms with Crippen LogP contribution in [0.5, 0.6) is 0 Å². The summed E-state index contributed by atoms with van der Waals surface area (Å²) in [7, 11) is 0. The number of nitrogens with one attached hydrogen (secondary N) is 3. The lowest BCUT2D eigenvalue weighted by atomic mass is 9.79. The van der Waals surface area contributed by atoms with E-state index in [1.165, 1.54) is 25.5 Å². The molecule has 5 heterocycles. The van der Waals surface area contributed by atoms with E-state index in [0.717, 1.165) is 55.2 Å². The van der Waals surface area contributed by atoms with E-state index in [0.29, 0.717) is 28.2 Å². The number of hydrogen-bond acceptors (Lipinski definition) is 6. The molecule has 36 heavy (non-hydrogen) atoms. The van der Waals surface area contributed by atoms with Gasteiger partial charge < -0.3 is 15.6 Å². The Balaban J connectivity index is 1.40. The van der Waals surface area contributed by atoms with Crippen molar-refractivity contribution in [1.82, 2.24) is 30.2 Å². The van der Waals surface area contributed by atoms with Crippen LogP contribution in [-0.2, 0) is 6.18 Å². The second-order valence-corrected chi connectivity index (χ2v) is 10.5. The van der Waals surface area contributed by atoms with Gasteiger partial charge >= 0.3 is 6.18 Å². The van der Waals surface area contributed by atoms with Crippen molar-refractivity contribution in [3.05, 3.63) is 42.0 Å². The van der Waals surface area contributed by atoms with Gasteiger partial charge in [-0.2, -0.15) is 13.2 Å². The molecule has 2 saturated carbocycles. The number of halogens is 3. The molecule has 10 heteroatoms. The molecule has 1 unspecified atom stereocenters. The van der Waals surface area contributed by atoms with Crippen molar-refractivity contribution in [1.29, 1.82) is 0 Å². The van der Waals surface area contributed by atoms with Gasteiger partial charge in [0.15, 0.2) is 5.82 Å². The smallest absolute Gasteiger partial charge is 0.366 e. The molecule has 1 atom stereocenters. The monoisotopic (exact) mass is 493 g/mol. The van der Waals surface area contributed by atoms with Crippen LogP contribution in [0.3, 0.4) is 0 Å². The third-order valence-corrected chi connectivity index (χ3v) is 8.29. The fourth-order valence-electron chi connectivity index (χ4n) is 5.83. The number of piperidine rings is 1. The van der Waals surface area contributed by atoms with Crippen LogP contribution in [0.4, 0.5) is 19.0 Å². The number of rotatable bonds is 4. The van der Waals surface area contributed by atoms with Crippen LogP contribution in [0.15, 0.2) is 30.7 Å². The highest BCUT2D eigenvalue weighted by molar-refractivity contribution is 5.97. The molecule has 7 nitrogen and oxygen atoms in total. The molecule has 1 aliphatic heterocycles. The molecule has 0 amide bonds. The average Bonchev–Trinajstić information content (AvgIpc) is 3.43. The first-order valence-electron chi connectivity index (χ1n) is 12.6. The molecular weight excluding hydrogens is 467 g/mol. The number of fused-ring (bicyclic) bond motifs is 2. The van der Waals surface area contributed by atoms with Crippen molar-refractivity contribution in [3.8, 4) is 11.4 Å². The molecule has 4 aromatic rings. The van der Waals surface area contributed by atoms with E-state index in [-0.39, 0.29) is 17.1 Å². The normalized spacial score (nSPS) is 21.7. The molecule has 186 valence electrons. The lowest BCUT2D eigenvalue weighted by Crippen LogP contribution is -2.45. The highest BCUT2D eigenvalue weighted by Gasteiger charge is 2.50. The van der Waals surface area contributed by atoms with Crippen molar-refractivity contribution >= 4 is 27.8 Å². The molecule has 3 N–H and O–H groups in total. The Hall–Kier alpha value is -3.27. The van der Waals surface area contributed by atoms with Crippen molar-refractivity contribution in [2.75, 3.05) is 18.4 Å². The highest BCUT2D eigenvalue weighted by Crippen LogP contribution is 2.52. The highest BCUT2D eigenvalue weighted by atomic mass is 19.4. The van der Waals surface area contributed by atoms with Crippen LogP contribution in [0.2, 0.25) is 0 Å². The lowest BCUT2D eigenvalue weighted by Gasteiger charge is -2.34. The van der Waals surface area contributed by atoms with Gasteiger partial charge in [0.1, 0.15) is 17.2 Å². The Labute approximate surface area is 205 Å². The predicted octanol–water partition coefficient (Wildman–Crippen LogP) is 5.41. The van der Waals surface area contributed by atoms with E-state index >= 15 is 0 Å². The van der Waals surface area contributed by atoms with Crippen LogP contribution >= 0.6 is 0 Å². The van der Waals surface area contributed by atoms with Gasteiger partial charge in [-0.05, 0) is 62.3 Å². The topological polar surface area (TPSA) is 91.4 Å². The van der Waals surface area contributed by atoms with Gasteiger partial charge in [-0.3, -0.25) is 4.98 Å². The molecule has 2 aliphatic carbocycles. The molecule has 1 saturated heterocycles. The summed E-state index contributed by atoms with van der Waals surface area (Å²) in [6.07, 6.45) is 7.46. The number of hydrogen-bond donors (Lipinski definition) is 3. The first-order valence-corrected chi connectivity index (χ1v) is 12.6. The van der Waals surface area contributed by atoms with Gasteiger partial charge in [0.2, 0.25) is 0 Å². The second-order valence-electron chi connectivity index (χ2n) is 10.5. The van der Waals surface area contributed by atoms with Crippen molar-refractivity contribution in [3.63, 3.8) is 0 Å². The summed E-state index contributed by atoms with van der Waals surface area (Å²) < 4.78 is 40.3. The summed E-state index contributed by atoms with van der Waals surface area (Å²) in [5.41, 5.74) is 1.95. The van der Waals surface area contributed by atoms with Crippen molar-refractivity contribution in [2.45, 2.75) is 56.7 Å². The third kappa shape index (κ3) is 3.53. The lowest BCUT2D eigenvalue weighted by molar-refractivity contribution is -0.140. The second kappa shape index (κ2) is 7.86. The molecule has 0 radical (unpaired) electrons. The van der Waals surface area contributed by atoms with Crippen LogP contribution in [-0.4, -0.2) is 44.1 Å². The predicted molar refractivity (Wildman–Crippen MR) is 131 cm³/mol. The zero-order valence-electron chi connectivity index (χ0n) is 19.6.